The highest BCUT2D eigenvalue weighted by molar-refractivity contribution is 5.78. The Balaban J connectivity index is 1.65. The fraction of sp³-hybridized carbons (Fsp3) is 0.133. The summed E-state index contributed by atoms with van der Waals surface area (Å²) in [6, 6.07) is 41.2. The molecule has 0 saturated heterocycles. The van der Waals surface area contributed by atoms with Crippen molar-refractivity contribution in [1.82, 2.24) is 0 Å². The highest BCUT2D eigenvalue weighted by atomic mass is 14.2. The molecule has 0 heterocycles. The largest absolute Gasteiger partial charge is 0.0729 e. The smallest absolute Gasteiger partial charge is 0.0588 e. The first-order chi connectivity index (χ1) is 29.2. The van der Waals surface area contributed by atoms with E-state index in [1.165, 1.54) is 33.4 Å². The third-order valence-corrected chi connectivity index (χ3v) is 10.1. The molecule has 0 N–H and O–H groups in total. The second-order valence-corrected chi connectivity index (χ2v) is 15.3. The Hall–Kier alpha value is -7.84. The molecule has 6 aromatic rings. The van der Waals surface area contributed by atoms with Crippen LogP contribution in [-0.2, 0) is 0 Å². The molecule has 0 fully saturated rings. The second kappa shape index (κ2) is 19.1. The Morgan fingerprint density at radius 1 is 0.250 bits per heavy atom. The maximum atomic E-state index is 3.62. The van der Waals surface area contributed by atoms with Crippen molar-refractivity contribution in [2.75, 3.05) is 0 Å². The molecule has 0 unspecified atom stereocenters. The number of aryl methyl sites for hydroxylation is 5. The number of hydrogen-bond acceptors (Lipinski definition) is 0. The van der Waals surface area contributed by atoms with E-state index in [1.807, 2.05) is 60.7 Å². The van der Waals surface area contributed by atoms with Crippen LogP contribution in [0.25, 0.3) is 0 Å². The van der Waals surface area contributed by atoms with Gasteiger partial charge in [-0.3, -0.25) is 0 Å². The average molecular weight is 765 g/mol. The van der Waals surface area contributed by atoms with E-state index in [2.05, 4.69) is 185 Å². The van der Waals surface area contributed by atoms with Gasteiger partial charge in [0, 0.05) is 33.4 Å². The fourth-order valence-electron chi connectivity index (χ4n) is 6.35. The quantitative estimate of drug-likeness (QED) is 0.135. The summed E-state index contributed by atoms with van der Waals surface area (Å²) in [4.78, 5) is 0. The highest BCUT2D eigenvalue weighted by Gasteiger charge is 2.20. The molecule has 0 amide bonds. The Morgan fingerprint density at radius 3 is 0.700 bits per heavy atom. The van der Waals surface area contributed by atoms with Crippen molar-refractivity contribution in [2.24, 2.45) is 0 Å². The van der Waals surface area contributed by atoms with Crippen LogP contribution in [0, 0.1) is 106 Å². The van der Waals surface area contributed by atoms with Gasteiger partial charge in [-0.2, -0.15) is 0 Å². The van der Waals surface area contributed by atoms with E-state index >= 15 is 0 Å². The van der Waals surface area contributed by atoms with Crippen molar-refractivity contribution in [3.8, 4) is 71.0 Å². The lowest BCUT2D eigenvalue weighted by Crippen LogP contribution is -2.05. The Labute approximate surface area is 357 Å². The van der Waals surface area contributed by atoms with Crippen LogP contribution in [0.15, 0.2) is 145 Å². The number of benzene rings is 6. The van der Waals surface area contributed by atoms with Gasteiger partial charge in [0.05, 0.1) is 33.4 Å². The minimum Gasteiger partial charge on any atom is -0.0729 e. The third-order valence-electron chi connectivity index (χ3n) is 10.1. The zero-order valence-corrected chi connectivity index (χ0v) is 35.1. The maximum Gasteiger partial charge on any atom is 0.0588 e. The summed E-state index contributed by atoms with van der Waals surface area (Å²) in [6.45, 7) is 12.5. The number of rotatable bonds is 0. The van der Waals surface area contributed by atoms with Gasteiger partial charge in [0.15, 0.2) is 0 Å². The maximum absolute atomic E-state index is 3.62. The molecule has 0 radical (unpaired) electrons. The summed E-state index contributed by atoms with van der Waals surface area (Å²) in [5, 5.41) is 0. The van der Waals surface area contributed by atoms with Gasteiger partial charge in [-0.15, -0.1) is 0 Å². The van der Waals surface area contributed by atoms with Crippen molar-refractivity contribution in [3.63, 3.8) is 0 Å². The van der Waals surface area contributed by atoms with Gasteiger partial charge in [0.1, 0.15) is 0 Å². The van der Waals surface area contributed by atoms with Crippen LogP contribution in [0.5, 0.6) is 0 Å². The zero-order chi connectivity index (χ0) is 41.8. The van der Waals surface area contributed by atoms with E-state index < -0.39 is 0 Å². The summed E-state index contributed by atoms with van der Waals surface area (Å²) in [7, 11) is 0. The van der Waals surface area contributed by atoms with E-state index in [0.29, 0.717) is 33.4 Å². The summed E-state index contributed by atoms with van der Waals surface area (Å²) < 4.78 is 0. The molecule has 0 atom stereocenters. The Morgan fingerprint density at radius 2 is 0.483 bits per heavy atom. The monoisotopic (exact) mass is 764 g/mol. The lowest BCUT2D eigenvalue weighted by Gasteiger charge is -2.13. The lowest BCUT2D eigenvalue weighted by molar-refractivity contribution is 0.934. The predicted molar refractivity (Wildman–Crippen MR) is 250 cm³/mol. The van der Waals surface area contributed by atoms with Crippen LogP contribution < -0.4 is 0 Å². The SMILES string of the molecule is CC1=CC=C(C#Cc2c(C#Cc3ccc(C)cc3)c(C#Cc3ccc(C)cc3)c(C#Cc3ccc(C)cc3)c(C#Cc3ccc(C)cc3)c2C#Cc2ccc(C)cc2)CC1. The minimum atomic E-state index is 0.664. The first-order valence-electron chi connectivity index (χ1n) is 20.2. The molecule has 6 aromatic carbocycles. The third kappa shape index (κ3) is 10.8. The molecule has 7 rings (SSSR count). The molecule has 0 heteroatoms. The lowest BCUT2D eigenvalue weighted by atomic mass is 9.86. The van der Waals surface area contributed by atoms with Crippen molar-refractivity contribution >= 4 is 0 Å². The van der Waals surface area contributed by atoms with E-state index in [-0.39, 0.29) is 0 Å². The molecule has 1 aliphatic rings. The molecule has 0 aromatic heterocycles. The summed E-state index contributed by atoms with van der Waals surface area (Å²) >= 11 is 0. The predicted octanol–water partition coefficient (Wildman–Crippen LogP) is 12.2. The molecular weight excluding hydrogens is 721 g/mol. The molecule has 1 aliphatic carbocycles. The van der Waals surface area contributed by atoms with E-state index in [1.54, 1.807) is 0 Å². The molecule has 0 bridgehead atoms. The molecule has 60 heavy (non-hydrogen) atoms. The van der Waals surface area contributed by atoms with Crippen LogP contribution in [0.3, 0.4) is 0 Å². The van der Waals surface area contributed by atoms with Crippen molar-refractivity contribution in [3.05, 3.63) is 234 Å². The normalized spacial score (nSPS) is 11.1. The molecule has 284 valence electrons. The Kier molecular flexibility index (Phi) is 12.8. The standard InChI is InChI=1S/C60H44/c1-43-7-19-49(20-8-43)31-37-55-56(38-32-50-21-9-44(2)10-22-50)58(40-34-52-25-13-46(4)14-26-52)60(42-36-54-29-17-48(6)18-30-54)59(41-35-53-27-15-47(5)16-28-53)57(55)39-33-51-23-11-45(3)12-24-51/h7-17,19-29H,18,30H2,1-6H3. The molecule has 0 spiro atoms. The number of hydrogen-bond donors (Lipinski definition) is 0. The van der Waals surface area contributed by atoms with Gasteiger partial charge >= 0.3 is 0 Å². The van der Waals surface area contributed by atoms with Crippen LogP contribution in [0.4, 0.5) is 0 Å². The summed E-state index contributed by atoms with van der Waals surface area (Å²) in [5.74, 6) is 42.4. The fourth-order valence-corrected chi connectivity index (χ4v) is 6.35. The molecule has 0 saturated carbocycles. The number of allylic oxidation sites excluding steroid dienone is 4. The van der Waals surface area contributed by atoms with E-state index in [9.17, 15) is 0 Å². The minimum absolute atomic E-state index is 0.664. The van der Waals surface area contributed by atoms with Gasteiger partial charge in [0.2, 0.25) is 0 Å². The first-order valence-corrected chi connectivity index (χ1v) is 20.2. The second-order valence-electron chi connectivity index (χ2n) is 15.3. The van der Waals surface area contributed by atoms with E-state index in [4.69, 9.17) is 0 Å². The van der Waals surface area contributed by atoms with Crippen molar-refractivity contribution < 1.29 is 0 Å². The molecule has 0 aliphatic heterocycles. The van der Waals surface area contributed by atoms with Gasteiger partial charge in [-0.25, -0.2) is 0 Å². The summed E-state index contributed by atoms with van der Waals surface area (Å²) in [6.07, 6.45) is 6.11. The van der Waals surface area contributed by atoms with Crippen LogP contribution in [0.1, 0.15) is 109 Å². The van der Waals surface area contributed by atoms with Gasteiger partial charge in [-0.05, 0) is 115 Å². The van der Waals surface area contributed by atoms with Gasteiger partial charge in [0.25, 0.3) is 0 Å². The topological polar surface area (TPSA) is 0 Å². The molecule has 0 nitrogen and oxygen atoms in total. The Bertz CT molecular complexity index is 2880. The average Bonchev–Trinajstić information content (AvgIpc) is 3.26. The van der Waals surface area contributed by atoms with Gasteiger partial charge < -0.3 is 0 Å². The van der Waals surface area contributed by atoms with E-state index in [0.717, 1.165) is 46.2 Å². The van der Waals surface area contributed by atoms with Gasteiger partial charge in [-0.1, -0.05) is 177 Å². The highest BCUT2D eigenvalue weighted by Crippen LogP contribution is 2.28. The van der Waals surface area contributed by atoms with Crippen LogP contribution in [0.2, 0.25) is 0 Å². The summed E-state index contributed by atoms with van der Waals surface area (Å²) in [5.41, 5.74) is 16.7. The van der Waals surface area contributed by atoms with Crippen molar-refractivity contribution in [2.45, 2.75) is 54.4 Å². The van der Waals surface area contributed by atoms with Crippen LogP contribution in [-0.4, -0.2) is 0 Å². The first kappa shape index (κ1) is 40.4. The van der Waals surface area contributed by atoms with Crippen molar-refractivity contribution in [1.29, 1.82) is 0 Å². The zero-order valence-electron chi connectivity index (χ0n) is 35.1. The molecular formula is C60H44. The van der Waals surface area contributed by atoms with Crippen LogP contribution >= 0.6 is 0 Å².